The van der Waals surface area contributed by atoms with Gasteiger partial charge in [-0.3, -0.25) is 9.69 Å². The second-order valence-corrected chi connectivity index (χ2v) is 6.17. The van der Waals surface area contributed by atoms with Crippen molar-refractivity contribution in [2.45, 2.75) is 45.6 Å². The fourth-order valence-corrected chi connectivity index (χ4v) is 3.70. The molecule has 0 bridgehead atoms. The molecule has 4 nitrogen and oxygen atoms in total. The first kappa shape index (κ1) is 14.8. The molecule has 2 saturated heterocycles. The van der Waals surface area contributed by atoms with Gasteiger partial charge in [-0.1, -0.05) is 13.8 Å². The molecular weight excluding hydrogens is 238 g/mol. The van der Waals surface area contributed by atoms with E-state index < -0.39 is 0 Å². The Balaban J connectivity index is 1.95. The van der Waals surface area contributed by atoms with Crippen LogP contribution in [0.15, 0.2) is 0 Å². The number of hydrogen-bond donors (Lipinski definition) is 1. The molecule has 2 unspecified atom stereocenters. The van der Waals surface area contributed by atoms with Crippen LogP contribution in [0.2, 0.25) is 0 Å². The van der Waals surface area contributed by atoms with E-state index in [1.165, 1.54) is 19.4 Å². The molecule has 2 fully saturated rings. The van der Waals surface area contributed by atoms with Gasteiger partial charge in [-0.2, -0.15) is 0 Å². The Morgan fingerprint density at radius 3 is 2.84 bits per heavy atom. The highest BCUT2D eigenvalue weighted by Gasteiger charge is 2.41. The predicted molar refractivity (Wildman–Crippen MR) is 78.1 cm³/mol. The van der Waals surface area contributed by atoms with E-state index in [9.17, 15) is 4.79 Å². The maximum absolute atomic E-state index is 12.7. The lowest BCUT2D eigenvalue weighted by atomic mass is 9.82. The molecule has 0 aromatic rings. The van der Waals surface area contributed by atoms with Crippen molar-refractivity contribution in [3.63, 3.8) is 0 Å². The number of hydrogen-bond acceptors (Lipinski definition) is 3. The minimum atomic E-state index is -0.135. The third kappa shape index (κ3) is 2.95. The highest BCUT2D eigenvalue weighted by Crippen LogP contribution is 2.32. The minimum Gasteiger partial charge on any atom is -0.344 e. The smallest absolute Gasteiger partial charge is 0.229 e. The summed E-state index contributed by atoms with van der Waals surface area (Å²) >= 11 is 0. The normalized spacial score (nSPS) is 31.8. The quantitative estimate of drug-likeness (QED) is 0.816. The molecule has 2 atom stereocenters. The largest absolute Gasteiger partial charge is 0.344 e. The molecule has 2 rings (SSSR count). The lowest BCUT2D eigenvalue weighted by Crippen LogP contribution is -2.48. The molecule has 1 amide bonds. The molecule has 0 radical (unpaired) electrons. The summed E-state index contributed by atoms with van der Waals surface area (Å²) in [7, 11) is 1.99. The number of likely N-dealkylation sites (N-methyl/N-ethyl adjacent to an activating group) is 2. The molecule has 1 N–H and O–H groups in total. The molecular formula is C15H29N3O. The van der Waals surface area contributed by atoms with Gasteiger partial charge >= 0.3 is 0 Å². The van der Waals surface area contributed by atoms with Gasteiger partial charge in [0.15, 0.2) is 0 Å². The maximum atomic E-state index is 12.7. The second kappa shape index (κ2) is 6.23. The molecule has 19 heavy (non-hydrogen) atoms. The van der Waals surface area contributed by atoms with Crippen molar-refractivity contribution < 1.29 is 4.79 Å². The molecule has 110 valence electrons. The standard InChI is InChI=1S/C15H29N3O/c1-4-15(8-9-16-12-15)14(19)17(3)11-13-7-6-10-18(13)5-2/h13,16H,4-12H2,1-3H3. The monoisotopic (exact) mass is 267 g/mol. The van der Waals surface area contributed by atoms with Gasteiger partial charge < -0.3 is 10.2 Å². The van der Waals surface area contributed by atoms with Crippen LogP contribution in [0.3, 0.4) is 0 Å². The van der Waals surface area contributed by atoms with Crippen LogP contribution in [0.5, 0.6) is 0 Å². The van der Waals surface area contributed by atoms with Crippen molar-refractivity contribution in [1.29, 1.82) is 0 Å². The van der Waals surface area contributed by atoms with Gasteiger partial charge in [-0.05, 0) is 45.3 Å². The van der Waals surface area contributed by atoms with Crippen molar-refractivity contribution in [1.82, 2.24) is 15.1 Å². The topological polar surface area (TPSA) is 35.6 Å². The Labute approximate surface area is 117 Å². The SMILES string of the molecule is CCN1CCCC1CN(C)C(=O)C1(CC)CCNC1. The lowest BCUT2D eigenvalue weighted by Gasteiger charge is -2.34. The van der Waals surface area contributed by atoms with Gasteiger partial charge in [0.2, 0.25) is 5.91 Å². The average Bonchev–Trinajstić information content (AvgIpc) is 3.06. The first-order valence-corrected chi connectivity index (χ1v) is 7.83. The van der Waals surface area contributed by atoms with E-state index in [-0.39, 0.29) is 5.41 Å². The molecule has 2 heterocycles. The fraction of sp³-hybridized carbons (Fsp3) is 0.933. The van der Waals surface area contributed by atoms with E-state index in [0.717, 1.165) is 39.0 Å². The van der Waals surface area contributed by atoms with Crippen LogP contribution in [0.4, 0.5) is 0 Å². The molecule has 2 aliphatic rings. The summed E-state index contributed by atoms with van der Waals surface area (Å²) in [5.74, 6) is 0.350. The van der Waals surface area contributed by atoms with Crippen molar-refractivity contribution in [2.75, 3.05) is 39.8 Å². The van der Waals surface area contributed by atoms with Crippen LogP contribution in [-0.4, -0.2) is 61.5 Å². The van der Waals surface area contributed by atoms with E-state index in [4.69, 9.17) is 0 Å². The minimum absolute atomic E-state index is 0.135. The summed E-state index contributed by atoms with van der Waals surface area (Å²) in [5, 5.41) is 3.36. The summed E-state index contributed by atoms with van der Waals surface area (Å²) in [6.45, 7) is 9.40. The van der Waals surface area contributed by atoms with Crippen molar-refractivity contribution in [2.24, 2.45) is 5.41 Å². The van der Waals surface area contributed by atoms with Gasteiger partial charge in [0.05, 0.1) is 5.41 Å². The summed E-state index contributed by atoms with van der Waals surface area (Å²) in [6, 6.07) is 0.571. The Morgan fingerprint density at radius 1 is 1.47 bits per heavy atom. The van der Waals surface area contributed by atoms with E-state index in [2.05, 4.69) is 24.1 Å². The van der Waals surface area contributed by atoms with Crippen LogP contribution in [0.1, 0.15) is 39.5 Å². The third-order valence-corrected chi connectivity index (χ3v) is 5.11. The molecule has 0 saturated carbocycles. The Morgan fingerprint density at radius 2 is 2.26 bits per heavy atom. The summed E-state index contributed by atoms with van der Waals surface area (Å²) in [6.07, 6.45) is 4.46. The predicted octanol–water partition coefficient (Wildman–Crippen LogP) is 1.32. The molecule has 0 aliphatic carbocycles. The lowest BCUT2D eigenvalue weighted by molar-refractivity contribution is -0.140. The van der Waals surface area contributed by atoms with Crippen LogP contribution >= 0.6 is 0 Å². The number of amides is 1. The zero-order valence-electron chi connectivity index (χ0n) is 12.7. The van der Waals surface area contributed by atoms with Crippen molar-refractivity contribution in [3.05, 3.63) is 0 Å². The van der Waals surface area contributed by atoms with Crippen LogP contribution in [-0.2, 0) is 4.79 Å². The number of rotatable bonds is 5. The average molecular weight is 267 g/mol. The Bertz CT molecular complexity index is 313. The van der Waals surface area contributed by atoms with E-state index in [0.29, 0.717) is 11.9 Å². The van der Waals surface area contributed by atoms with Crippen molar-refractivity contribution in [3.8, 4) is 0 Å². The van der Waals surface area contributed by atoms with Gasteiger partial charge in [0.25, 0.3) is 0 Å². The fourth-order valence-electron chi connectivity index (χ4n) is 3.70. The zero-order chi connectivity index (χ0) is 13.9. The molecule has 0 aromatic carbocycles. The van der Waals surface area contributed by atoms with Gasteiger partial charge in [0, 0.05) is 26.2 Å². The first-order valence-electron chi connectivity index (χ1n) is 7.83. The van der Waals surface area contributed by atoms with E-state index >= 15 is 0 Å². The molecule has 0 spiro atoms. The van der Waals surface area contributed by atoms with Gasteiger partial charge in [0.1, 0.15) is 0 Å². The maximum Gasteiger partial charge on any atom is 0.229 e. The first-order chi connectivity index (χ1) is 9.13. The number of carbonyl (C=O) groups is 1. The van der Waals surface area contributed by atoms with E-state index in [1.807, 2.05) is 11.9 Å². The number of carbonyl (C=O) groups excluding carboxylic acids is 1. The molecule has 4 heteroatoms. The third-order valence-electron chi connectivity index (χ3n) is 5.11. The highest BCUT2D eigenvalue weighted by molar-refractivity contribution is 5.83. The number of likely N-dealkylation sites (tertiary alicyclic amines) is 1. The van der Waals surface area contributed by atoms with E-state index in [1.54, 1.807) is 0 Å². The van der Waals surface area contributed by atoms with Crippen LogP contribution < -0.4 is 5.32 Å². The van der Waals surface area contributed by atoms with Crippen molar-refractivity contribution >= 4 is 5.91 Å². The molecule has 0 aromatic heterocycles. The Kier molecular flexibility index (Phi) is 4.85. The summed E-state index contributed by atoms with van der Waals surface area (Å²) < 4.78 is 0. The zero-order valence-corrected chi connectivity index (χ0v) is 12.7. The van der Waals surface area contributed by atoms with Crippen LogP contribution in [0, 0.1) is 5.41 Å². The van der Waals surface area contributed by atoms with Crippen LogP contribution in [0.25, 0.3) is 0 Å². The van der Waals surface area contributed by atoms with Gasteiger partial charge in [-0.15, -0.1) is 0 Å². The van der Waals surface area contributed by atoms with Gasteiger partial charge in [-0.25, -0.2) is 0 Å². The Hall–Kier alpha value is -0.610. The summed E-state index contributed by atoms with van der Waals surface area (Å²) in [4.78, 5) is 17.3. The second-order valence-electron chi connectivity index (χ2n) is 6.17. The number of nitrogens with one attached hydrogen (secondary N) is 1. The molecule has 2 aliphatic heterocycles. The number of nitrogens with zero attached hydrogens (tertiary/aromatic N) is 2. The highest BCUT2D eigenvalue weighted by atomic mass is 16.2. The summed E-state index contributed by atoms with van der Waals surface area (Å²) in [5.41, 5.74) is -0.135.